The van der Waals surface area contributed by atoms with Crippen molar-refractivity contribution in [3.63, 3.8) is 0 Å². The third-order valence-corrected chi connectivity index (χ3v) is 5.09. The molecule has 0 aromatic carbocycles. The summed E-state index contributed by atoms with van der Waals surface area (Å²) in [5, 5.41) is 5.61. The zero-order valence-corrected chi connectivity index (χ0v) is 12.2. The molecule has 2 aliphatic heterocycles. The van der Waals surface area contributed by atoms with Gasteiger partial charge in [0.05, 0.1) is 22.8 Å². The molecule has 1 N–H and O–H groups in total. The van der Waals surface area contributed by atoms with E-state index >= 15 is 0 Å². The summed E-state index contributed by atoms with van der Waals surface area (Å²) in [4.78, 5) is 4.49. The number of thiazole rings is 1. The van der Waals surface area contributed by atoms with E-state index in [2.05, 4.69) is 15.7 Å². The Morgan fingerprint density at radius 3 is 2.95 bits per heavy atom. The second kappa shape index (κ2) is 5.87. The molecule has 1 aromatic heterocycles. The monoisotopic (exact) mass is 282 g/mol. The number of rotatable bonds is 3. The molecule has 2 atom stereocenters. The van der Waals surface area contributed by atoms with Gasteiger partial charge in [-0.2, -0.15) is 0 Å². The number of hydrogen-bond acceptors (Lipinski definition) is 5. The van der Waals surface area contributed by atoms with E-state index in [-0.39, 0.29) is 5.60 Å². The van der Waals surface area contributed by atoms with Crippen LogP contribution in [0.25, 0.3) is 0 Å². The number of nitrogens with zero attached hydrogens (tertiary/aromatic N) is 1. The maximum absolute atomic E-state index is 6.12. The molecule has 2 aliphatic rings. The number of hydrogen-bond donors (Lipinski definition) is 1. The first-order chi connectivity index (χ1) is 9.33. The van der Waals surface area contributed by atoms with Crippen LogP contribution in [0, 0.1) is 5.92 Å². The minimum absolute atomic E-state index is 0.0618. The van der Waals surface area contributed by atoms with Crippen molar-refractivity contribution in [2.75, 3.05) is 26.9 Å². The van der Waals surface area contributed by atoms with Gasteiger partial charge in [0.2, 0.25) is 0 Å². The Morgan fingerprint density at radius 2 is 2.26 bits per heavy atom. The van der Waals surface area contributed by atoms with Crippen LogP contribution in [0.3, 0.4) is 0 Å². The highest BCUT2D eigenvalue weighted by molar-refractivity contribution is 7.07. The highest BCUT2D eigenvalue weighted by Crippen LogP contribution is 2.41. The summed E-state index contributed by atoms with van der Waals surface area (Å²) in [5.41, 5.74) is 3.16. The lowest BCUT2D eigenvalue weighted by atomic mass is 9.77. The SMILES string of the molecule is CNC(c1cscn1)C1CCOC2(CCOCC2)C1. The molecule has 0 amide bonds. The van der Waals surface area contributed by atoms with E-state index in [1.54, 1.807) is 11.3 Å². The maximum Gasteiger partial charge on any atom is 0.0795 e. The summed E-state index contributed by atoms with van der Waals surface area (Å²) < 4.78 is 11.6. The number of aromatic nitrogens is 1. The summed E-state index contributed by atoms with van der Waals surface area (Å²) >= 11 is 1.67. The Labute approximate surface area is 118 Å². The molecule has 3 heterocycles. The number of ether oxygens (including phenoxy) is 2. The molecule has 0 aliphatic carbocycles. The quantitative estimate of drug-likeness (QED) is 0.924. The first-order valence-electron chi connectivity index (χ1n) is 7.10. The van der Waals surface area contributed by atoms with Crippen LogP contribution in [0.1, 0.15) is 37.4 Å². The normalized spacial score (nSPS) is 28.4. The molecule has 0 saturated carbocycles. The Bertz CT molecular complexity index is 385. The fourth-order valence-corrected chi connectivity index (χ4v) is 4.03. The average Bonchev–Trinajstić information content (AvgIpc) is 2.95. The van der Waals surface area contributed by atoms with Gasteiger partial charge in [-0.3, -0.25) is 0 Å². The zero-order valence-electron chi connectivity index (χ0n) is 11.4. The Hall–Kier alpha value is -0.490. The minimum Gasteiger partial charge on any atom is -0.381 e. The van der Waals surface area contributed by atoms with Crippen molar-refractivity contribution in [1.29, 1.82) is 0 Å². The van der Waals surface area contributed by atoms with Gasteiger partial charge < -0.3 is 14.8 Å². The Kier molecular flexibility index (Phi) is 4.17. The molecular weight excluding hydrogens is 260 g/mol. The van der Waals surface area contributed by atoms with Crippen LogP contribution in [0.4, 0.5) is 0 Å². The molecular formula is C14H22N2O2S. The predicted octanol–water partition coefficient (Wildman–Crippen LogP) is 2.38. The average molecular weight is 282 g/mol. The van der Waals surface area contributed by atoms with Gasteiger partial charge in [-0.15, -0.1) is 11.3 Å². The summed E-state index contributed by atoms with van der Waals surface area (Å²) in [7, 11) is 2.04. The molecule has 106 valence electrons. The summed E-state index contributed by atoms with van der Waals surface area (Å²) in [5.74, 6) is 0.610. The molecule has 3 rings (SSSR count). The van der Waals surface area contributed by atoms with Crippen molar-refractivity contribution in [2.45, 2.75) is 37.3 Å². The highest BCUT2D eigenvalue weighted by atomic mass is 32.1. The fourth-order valence-electron chi connectivity index (χ4n) is 3.44. The lowest BCUT2D eigenvalue weighted by Crippen LogP contribution is -2.46. The summed E-state index contributed by atoms with van der Waals surface area (Å²) in [6, 6.07) is 0.356. The van der Waals surface area contributed by atoms with Crippen LogP contribution in [0.15, 0.2) is 10.9 Å². The van der Waals surface area contributed by atoms with Crippen molar-refractivity contribution >= 4 is 11.3 Å². The minimum atomic E-state index is 0.0618. The van der Waals surface area contributed by atoms with E-state index in [9.17, 15) is 0 Å². The number of nitrogens with one attached hydrogen (secondary N) is 1. The van der Waals surface area contributed by atoms with Crippen LogP contribution in [-0.4, -0.2) is 37.5 Å². The second-order valence-corrected chi connectivity index (χ2v) is 6.30. The van der Waals surface area contributed by atoms with Crippen LogP contribution in [0.5, 0.6) is 0 Å². The van der Waals surface area contributed by atoms with Crippen molar-refractivity contribution < 1.29 is 9.47 Å². The van der Waals surface area contributed by atoms with Crippen LogP contribution < -0.4 is 5.32 Å². The van der Waals surface area contributed by atoms with Crippen LogP contribution in [0.2, 0.25) is 0 Å². The molecule has 2 saturated heterocycles. The van der Waals surface area contributed by atoms with E-state index in [0.717, 1.165) is 45.5 Å². The highest BCUT2D eigenvalue weighted by Gasteiger charge is 2.41. The summed E-state index contributed by atoms with van der Waals surface area (Å²) in [6.07, 6.45) is 4.32. The molecule has 1 aromatic rings. The van der Waals surface area contributed by atoms with E-state index < -0.39 is 0 Å². The van der Waals surface area contributed by atoms with Gasteiger partial charge in [0.25, 0.3) is 0 Å². The summed E-state index contributed by atoms with van der Waals surface area (Å²) in [6.45, 7) is 2.55. The standard InChI is InChI=1S/C14H22N2O2S/c1-15-13(12-9-19-10-16-12)11-2-5-18-14(8-11)3-6-17-7-4-14/h9-11,13,15H,2-8H2,1H3. The van der Waals surface area contributed by atoms with Crippen molar-refractivity contribution in [3.8, 4) is 0 Å². The second-order valence-electron chi connectivity index (χ2n) is 5.58. The van der Waals surface area contributed by atoms with Crippen molar-refractivity contribution in [1.82, 2.24) is 10.3 Å². The molecule has 0 radical (unpaired) electrons. The van der Waals surface area contributed by atoms with Gasteiger partial charge in [0.15, 0.2) is 0 Å². The molecule has 2 unspecified atom stereocenters. The third kappa shape index (κ3) is 2.84. The Balaban J connectivity index is 1.73. The van der Waals surface area contributed by atoms with Gasteiger partial charge in [-0.05, 0) is 38.6 Å². The van der Waals surface area contributed by atoms with Gasteiger partial charge >= 0.3 is 0 Å². The van der Waals surface area contributed by atoms with E-state index in [1.165, 1.54) is 5.69 Å². The first kappa shape index (κ1) is 13.5. The lowest BCUT2D eigenvalue weighted by Gasteiger charge is -2.45. The van der Waals surface area contributed by atoms with Crippen molar-refractivity contribution in [2.24, 2.45) is 5.92 Å². The fraction of sp³-hybridized carbons (Fsp3) is 0.786. The van der Waals surface area contributed by atoms with Gasteiger partial charge in [-0.1, -0.05) is 0 Å². The predicted molar refractivity (Wildman–Crippen MR) is 75.4 cm³/mol. The van der Waals surface area contributed by atoms with Crippen LogP contribution >= 0.6 is 11.3 Å². The molecule has 1 spiro atoms. The smallest absolute Gasteiger partial charge is 0.0795 e. The molecule has 4 nitrogen and oxygen atoms in total. The van der Waals surface area contributed by atoms with E-state index in [4.69, 9.17) is 9.47 Å². The largest absolute Gasteiger partial charge is 0.381 e. The zero-order chi connectivity index (χ0) is 13.1. The van der Waals surface area contributed by atoms with Crippen LogP contribution in [-0.2, 0) is 9.47 Å². The van der Waals surface area contributed by atoms with Gasteiger partial charge in [0, 0.05) is 25.2 Å². The first-order valence-corrected chi connectivity index (χ1v) is 8.04. The van der Waals surface area contributed by atoms with E-state index in [0.29, 0.717) is 12.0 Å². The topological polar surface area (TPSA) is 43.4 Å². The van der Waals surface area contributed by atoms with Gasteiger partial charge in [-0.25, -0.2) is 4.98 Å². The molecule has 19 heavy (non-hydrogen) atoms. The molecule has 5 heteroatoms. The molecule has 0 bridgehead atoms. The maximum atomic E-state index is 6.12. The molecule has 2 fully saturated rings. The third-order valence-electron chi connectivity index (χ3n) is 4.49. The lowest BCUT2D eigenvalue weighted by molar-refractivity contribution is -0.150. The van der Waals surface area contributed by atoms with Crippen molar-refractivity contribution in [3.05, 3.63) is 16.6 Å². The van der Waals surface area contributed by atoms with Gasteiger partial charge in [0.1, 0.15) is 0 Å². The Morgan fingerprint density at radius 1 is 1.42 bits per heavy atom. The van der Waals surface area contributed by atoms with E-state index in [1.807, 2.05) is 12.6 Å².